The predicted octanol–water partition coefficient (Wildman–Crippen LogP) is 3.42. The first-order chi connectivity index (χ1) is 18.2. The molecule has 1 aromatic carbocycles. The van der Waals surface area contributed by atoms with E-state index in [1.165, 1.54) is 16.7 Å². The van der Waals surface area contributed by atoms with Crippen LogP contribution in [-0.2, 0) is 28.3 Å². The number of aliphatic hydroxyl groups is 1. The number of rotatable bonds is 5. The molecule has 0 saturated carbocycles. The molecule has 0 spiro atoms. The van der Waals surface area contributed by atoms with E-state index in [1.807, 2.05) is 0 Å². The highest BCUT2D eigenvalue weighted by molar-refractivity contribution is 5.88. The summed E-state index contributed by atoms with van der Waals surface area (Å²) in [5.74, 6) is -1.31. The first kappa shape index (κ1) is 25.0. The number of likely N-dealkylation sites (tertiary alicyclic amines) is 1. The molecule has 9 heteroatoms. The second-order valence-electron chi connectivity index (χ2n) is 10.7. The summed E-state index contributed by atoms with van der Waals surface area (Å²) in [7, 11) is 0. The normalized spacial score (nSPS) is 22.6. The Morgan fingerprint density at radius 1 is 1.16 bits per heavy atom. The second-order valence-corrected chi connectivity index (χ2v) is 10.7. The van der Waals surface area contributed by atoms with Gasteiger partial charge in [0.25, 0.3) is 5.56 Å². The van der Waals surface area contributed by atoms with Gasteiger partial charge in [0, 0.05) is 36.1 Å². The largest absolute Gasteiger partial charge is 0.458 e. The summed E-state index contributed by atoms with van der Waals surface area (Å²) in [6, 6.07) is 6.40. The van der Waals surface area contributed by atoms with Gasteiger partial charge in [0.05, 0.1) is 34.6 Å². The van der Waals surface area contributed by atoms with Gasteiger partial charge in [-0.1, -0.05) is 20.8 Å². The summed E-state index contributed by atoms with van der Waals surface area (Å²) in [4.78, 5) is 42.5. The summed E-state index contributed by atoms with van der Waals surface area (Å²) in [6.45, 7) is 7.69. The average molecular weight is 522 g/mol. The second kappa shape index (κ2) is 8.88. The molecule has 0 radical (unpaired) electrons. The number of hydrogen-bond acceptors (Lipinski definition) is 6. The number of fused-ring (bicyclic) bond motifs is 5. The van der Waals surface area contributed by atoms with Crippen molar-refractivity contribution in [1.29, 1.82) is 0 Å². The van der Waals surface area contributed by atoms with E-state index >= 15 is 0 Å². The Balaban J connectivity index is 1.61. The lowest BCUT2D eigenvalue weighted by Crippen LogP contribution is -2.44. The lowest BCUT2D eigenvalue weighted by atomic mass is 9.85. The van der Waals surface area contributed by atoms with Crippen LogP contribution in [0.25, 0.3) is 22.2 Å². The van der Waals surface area contributed by atoms with Crippen molar-refractivity contribution in [3.8, 4) is 11.3 Å². The number of carbonyl (C=O) groups excluding carboxylic acids is 1. The third-order valence-electron chi connectivity index (χ3n) is 8.89. The van der Waals surface area contributed by atoms with Gasteiger partial charge in [-0.05, 0) is 49.9 Å². The molecule has 0 unspecified atom stereocenters. The molecule has 0 amide bonds. The molecule has 200 valence electrons. The van der Waals surface area contributed by atoms with Gasteiger partial charge < -0.3 is 19.0 Å². The van der Waals surface area contributed by atoms with Crippen LogP contribution in [-0.4, -0.2) is 44.2 Å². The van der Waals surface area contributed by atoms with Gasteiger partial charge in [0.1, 0.15) is 12.4 Å². The molecule has 2 atom stereocenters. The highest BCUT2D eigenvalue weighted by Gasteiger charge is 2.46. The Kier molecular flexibility index (Phi) is 5.84. The number of pyridine rings is 2. The molecule has 3 aliphatic rings. The zero-order chi connectivity index (χ0) is 26.9. The van der Waals surface area contributed by atoms with Gasteiger partial charge in [-0.3, -0.25) is 14.5 Å². The van der Waals surface area contributed by atoms with Crippen LogP contribution in [0.3, 0.4) is 0 Å². The van der Waals surface area contributed by atoms with Crippen LogP contribution in [0.2, 0.25) is 0 Å². The van der Waals surface area contributed by atoms with E-state index in [2.05, 4.69) is 23.3 Å². The van der Waals surface area contributed by atoms with E-state index < -0.39 is 17.4 Å². The van der Waals surface area contributed by atoms with E-state index in [0.29, 0.717) is 28.5 Å². The predicted molar refractivity (Wildman–Crippen MR) is 141 cm³/mol. The van der Waals surface area contributed by atoms with Gasteiger partial charge in [0.15, 0.2) is 11.0 Å². The molecule has 38 heavy (non-hydrogen) atoms. The average Bonchev–Trinajstić information content (AvgIpc) is 3.54. The Labute approximate surface area is 219 Å². The molecule has 2 aromatic heterocycles. The maximum Gasteiger partial charge on any atom is 0.343 e. The van der Waals surface area contributed by atoms with Crippen molar-refractivity contribution in [2.45, 2.75) is 77.3 Å². The highest BCUT2D eigenvalue weighted by atomic mass is 19.1. The van der Waals surface area contributed by atoms with Crippen LogP contribution >= 0.6 is 0 Å². The first-order valence-electron chi connectivity index (χ1n) is 13.5. The molecule has 0 aliphatic carbocycles. The van der Waals surface area contributed by atoms with Gasteiger partial charge in [-0.15, -0.1) is 0 Å². The molecule has 0 bridgehead atoms. The third kappa shape index (κ3) is 3.37. The molecule has 1 saturated heterocycles. The fourth-order valence-electron chi connectivity index (χ4n) is 6.80. The van der Waals surface area contributed by atoms with E-state index in [4.69, 9.17) is 4.74 Å². The molecule has 3 aromatic rings. The number of ether oxygens (including phenoxy) is 1. The Bertz CT molecular complexity index is 1600. The summed E-state index contributed by atoms with van der Waals surface area (Å²) in [6.07, 6.45) is 2.99. The SMILES string of the molecule is CCC(CC)N1CC[C@@H](n2c3c(c(=O)c4cc(F)ccc42)-c2cc4c(c(=O)n2C3)COC(=O)[C@]4(O)CC)C1. The van der Waals surface area contributed by atoms with E-state index in [1.54, 1.807) is 19.1 Å². The number of carbonyl (C=O) groups is 1. The number of halogens is 1. The molecular formula is C29H32FN3O5. The van der Waals surface area contributed by atoms with Gasteiger partial charge in [-0.2, -0.15) is 0 Å². The summed E-state index contributed by atoms with van der Waals surface area (Å²) in [5.41, 5.74) is -0.255. The lowest BCUT2D eigenvalue weighted by Gasteiger charge is -2.31. The minimum absolute atomic E-state index is 0.0235. The van der Waals surface area contributed by atoms with Crippen LogP contribution in [0.4, 0.5) is 4.39 Å². The van der Waals surface area contributed by atoms with Crippen LogP contribution in [0.15, 0.2) is 33.9 Å². The van der Waals surface area contributed by atoms with Crippen molar-refractivity contribution in [1.82, 2.24) is 14.0 Å². The van der Waals surface area contributed by atoms with Crippen LogP contribution in [0.5, 0.6) is 0 Å². The van der Waals surface area contributed by atoms with Crippen LogP contribution in [0.1, 0.15) is 69.3 Å². The quantitative estimate of drug-likeness (QED) is 0.405. The molecule has 6 rings (SSSR count). The monoisotopic (exact) mass is 521 g/mol. The molecule has 3 aliphatic heterocycles. The number of esters is 1. The van der Waals surface area contributed by atoms with Crippen molar-refractivity contribution >= 4 is 16.9 Å². The minimum Gasteiger partial charge on any atom is -0.458 e. The van der Waals surface area contributed by atoms with Gasteiger partial charge in [0.2, 0.25) is 0 Å². The van der Waals surface area contributed by atoms with Gasteiger partial charge in [-0.25, -0.2) is 9.18 Å². The number of benzene rings is 1. The molecule has 1 N–H and O–H groups in total. The Hall–Kier alpha value is -3.30. The Morgan fingerprint density at radius 3 is 2.63 bits per heavy atom. The van der Waals surface area contributed by atoms with Crippen molar-refractivity contribution in [2.75, 3.05) is 13.1 Å². The summed E-state index contributed by atoms with van der Waals surface area (Å²) < 4.78 is 23.2. The zero-order valence-electron chi connectivity index (χ0n) is 21.9. The summed E-state index contributed by atoms with van der Waals surface area (Å²) in [5, 5.41) is 11.4. The topological polar surface area (TPSA) is 93.8 Å². The number of aromatic nitrogens is 2. The molecule has 5 heterocycles. The van der Waals surface area contributed by atoms with Crippen molar-refractivity contribution in [3.05, 3.63) is 67.5 Å². The fourth-order valence-corrected chi connectivity index (χ4v) is 6.80. The zero-order valence-corrected chi connectivity index (χ0v) is 21.9. The smallest absolute Gasteiger partial charge is 0.343 e. The molecule has 1 fully saturated rings. The van der Waals surface area contributed by atoms with Crippen LogP contribution < -0.4 is 11.0 Å². The van der Waals surface area contributed by atoms with E-state index in [-0.39, 0.29) is 53.1 Å². The molecular weight excluding hydrogens is 489 g/mol. The van der Waals surface area contributed by atoms with Crippen LogP contribution in [0, 0.1) is 5.82 Å². The molecule has 8 nitrogen and oxygen atoms in total. The standard InChI is InChI=1S/C29H32FN3O5/c1-4-17(5-2)31-10-9-18(13-31)33-22-8-7-16(30)11-19(22)26(34)25-23-12-21-20(27(35)32(23)14-24(25)33)15-38-28(36)29(21,37)6-3/h7-8,11-12,17-18,37H,4-6,9-10,13-15H2,1-3H3/t18-,29+/m1/s1. The van der Waals surface area contributed by atoms with E-state index in [9.17, 15) is 23.9 Å². The maximum atomic E-state index is 14.4. The number of nitrogens with zero attached hydrogens (tertiary/aromatic N) is 3. The van der Waals surface area contributed by atoms with Gasteiger partial charge >= 0.3 is 5.97 Å². The maximum absolute atomic E-state index is 14.4. The van der Waals surface area contributed by atoms with Crippen molar-refractivity contribution in [3.63, 3.8) is 0 Å². The highest BCUT2D eigenvalue weighted by Crippen LogP contribution is 2.40. The first-order valence-corrected chi connectivity index (χ1v) is 13.5. The Morgan fingerprint density at radius 2 is 1.92 bits per heavy atom. The number of cyclic esters (lactones) is 1. The van der Waals surface area contributed by atoms with E-state index in [0.717, 1.165) is 32.4 Å². The third-order valence-corrected chi connectivity index (χ3v) is 8.89. The summed E-state index contributed by atoms with van der Waals surface area (Å²) >= 11 is 0. The lowest BCUT2D eigenvalue weighted by molar-refractivity contribution is -0.172. The van der Waals surface area contributed by atoms with Crippen molar-refractivity contribution in [2.24, 2.45) is 0 Å². The minimum atomic E-state index is -1.96. The number of hydrogen-bond donors (Lipinski definition) is 1. The van der Waals surface area contributed by atoms with Crippen molar-refractivity contribution < 1.29 is 19.0 Å². The fraction of sp³-hybridized carbons (Fsp3) is 0.483.